The van der Waals surface area contributed by atoms with E-state index in [1.54, 1.807) is 0 Å². The summed E-state index contributed by atoms with van der Waals surface area (Å²) in [7, 11) is 0. The van der Waals surface area contributed by atoms with Crippen molar-refractivity contribution in [1.82, 2.24) is 0 Å². The van der Waals surface area contributed by atoms with Gasteiger partial charge in [-0.25, -0.2) is 0 Å². The van der Waals surface area contributed by atoms with Crippen molar-refractivity contribution in [2.75, 3.05) is 0 Å². The van der Waals surface area contributed by atoms with Crippen LogP contribution in [0.1, 0.15) is 58.1 Å². The molecule has 19 heavy (non-hydrogen) atoms. The summed E-state index contributed by atoms with van der Waals surface area (Å²) in [6.07, 6.45) is 7.83. The van der Waals surface area contributed by atoms with Crippen molar-refractivity contribution in [3.05, 3.63) is 59.2 Å². The van der Waals surface area contributed by atoms with Crippen molar-refractivity contribution in [3.8, 4) is 0 Å². The molecule has 1 aromatic carbocycles. The molecule has 0 saturated carbocycles. The van der Waals surface area contributed by atoms with Crippen molar-refractivity contribution in [2.45, 2.75) is 52.6 Å². The van der Waals surface area contributed by atoms with Crippen LogP contribution in [-0.4, -0.2) is 5.11 Å². The van der Waals surface area contributed by atoms with E-state index in [4.69, 9.17) is 0 Å². The molecule has 0 aliphatic rings. The van der Waals surface area contributed by atoms with Crippen molar-refractivity contribution < 1.29 is 5.11 Å². The van der Waals surface area contributed by atoms with E-state index in [0.717, 1.165) is 24.8 Å². The minimum Gasteiger partial charge on any atom is -0.388 e. The number of hydrogen-bond acceptors (Lipinski definition) is 1. The average molecular weight is 258 g/mol. The van der Waals surface area contributed by atoms with Crippen molar-refractivity contribution in [2.24, 2.45) is 0 Å². The van der Waals surface area contributed by atoms with Crippen LogP contribution in [0.2, 0.25) is 0 Å². The van der Waals surface area contributed by atoms with Gasteiger partial charge < -0.3 is 5.11 Å². The Morgan fingerprint density at radius 2 is 1.79 bits per heavy atom. The fraction of sp³-hybridized carbons (Fsp3) is 0.444. The second-order valence-corrected chi connectivity index (χ2v) is 4.93. The molecule has 1 nitrogen and oxygen atoms in total. The molecule has 0 fully saturated rings. The van der Waals surface area contributed by atoms with E-state index in [0.29, 0.717) is 6.42 Å². The summed E-state index contributed by atoms with van der Waals surface area (Å²) in [5.74, 6) is 0. The molecule has 1 aromatic rings. The van der Waals surface area contributed by atoms with E-state index in [2.05, 4.69) is 32.9 Å². The van der Waals surface area contributed by atoms with Gasteiger partial charge in [-0.3, -0.25) is 0 Å². The van der Waals surface area contributed by atoms with E-state index in [1.807, 2.05) is 30.3 Å². The fourth-order valence-electron chi connectivity index (χ4n) is 2.13. The highest BCUT2D eigenvalue weighted by Gasteiger charge is 2.03. The van der Waals surface area contributed by atoms with Crippen molar-refractivity contribution >= 4 is 0 Å². The maximum absolute atomic E-state index is 10.0. The Balaban J connectivity index is 2.47. The second kappa shape index (κ2) is 8.71. The summed E-state index contributed by atoms with van der Waals surface area (Å²) >= 11 is 0. The molecule has 0 spiro atoms. The molecule has 1 unspecified atom stereocenters. The lowest BCUT2D eigenvalue weighted by molar-refractivity contribution is 0.181. The summed E-state index contributed by atoms with van der Waals surface area (Å²) in [4.78, 5) is 0. The van der Waals surface area contributed by atoms with Gasteiger partial charge in [-0.1, -0.05) is 67.5 Å². The predicted molar refractivity (Wildman–Crippen MR) is 83.1 cm³/mol. The summed E-state index contributed by atoms with van der Waals surface area (Å²) in [6, 6.07) is 9.84. The monoisotopic (exact) mass is 258 g/mol. The van der Waals surface area contributed by atoms with Gasteiger partial charge in [0.15, 0.2) is 0 Å². The molecule has 0 saturated heterocycles. The lowest BCUT2D eigenvalue weighted by Gasteiger charge is -2.08. The van der Waals surface area contributed by atoms with Gasteiger partial charge >= 0.3 is 0 Å². The third-order valence-corrected chi connectivity index (χ3v) is 3.64. The minimum atomic E-state index is -0.390. The van der Waals surface area contributed by atoms with Crippen LogP contribution in [0.25, 0.3) is 0 Å². The molecular weight excluding hydrogens is 232 g/mol. The maximum Gasteiger partial charge on any atom is 0.0824 e. The SMILES string of the molecule is CC/C(C)=C(\CC)C/C=C/CC(O)c1ccccc1. The first kappa shape index (κ1) is 15.7. The molecule has 1 heteroatoms. The van der Waals surface area contributed by atoms with Gasteiger partial charge in [-0.2, -0.15) is 0 Å². The Hall–Kier alpha value is -1.34. The van der Waals surface area contributed by atoms with E-state index in [1.165, 1.54) is 11.1 Å². The van der Waals surface area contributed by atoms with Crippen LogP contribution in [0.3, 0.4) is 0 Å². The quantitative estimate of drug-likeness (QED) is 0.667. The van der Waals surface area contributed by atoms with Gasteiger partial charge in [0, 0.05) is 0 Å². The number of aliphatic hydroxyl groups excluding tert-OH is 1. The van der Waals surface area contributed by atoms with E-state index >= 15 is 0 Å². The normalized spacial score (nSPS) is 14.5. The van der Waals surface area contributed by atoms with Gasteiger partial charge in [-0.05, 0) is 38.2 Å². The molecule has 0 radical (unpaired) electrons. The fourth-order valence-corrected chi connectivity index (χ4v) is 2.13. The molecule has 104 valence electrons. The zero-order valence-electron chi connectivity index (χ0n) is 12.4. The highest BCUT2D eigenvalue weighted by atomic mass is 16.3. The van der Waals surface area contributed by atoms with Crippen LogP contribution in [0.5, 0.6) is 0 Å². The number of aliphatic hydroxyl groups is 1. The number of benzene rings is 1. The largest absolute Gasteiger partial charge is 0.388 e. The highest BCUT2D eigenvalue weighted by Crippen LogP contribution is 2.19. The third kappa shape index (κ3) is 5.44. The van der Waals surface area contributed by atoms with Crippen LogP contribution in [-0.2, 0) is 0 Å². The van der Waals surface area contributed by atoms with Gasteiger partial charge in [0.1, 0.15) is 0 Å². The smallest absolute Gasteiger partial charge is 0.0824 e. The number of rotatable bonds is 7. The van der Waals surface area contributed by atoms with Gasteiger partial charge in [0.25, 0.3) is 0 Å². The standard InChI is InChI=1S/C18H26O/c1-4-15(3)16(5-2)11-9-10-14-18(19)17-12-7-6-8-13-17/h6-10,12-13,18-19H,4-5,11,14H2,1-3H3/b10-9+,16-15+. The van der Waals surface area contributed by atoms with Crippen LogP contribution in [0.15, 0.2) is 53.6 Å². The highest BCUT2D eigenvalue weighted by molar-refractivity contribution is 5.19. The first-order valence-electron chi connectivity index (χ1n) is 7.24. The molecule has 1 N–H and O–H groups in total. The minimum absolute atomic E-state index is 0.390. The Morgan fingerprint density at radius 3 is 2.37 bits per heavy atom. The summed E-state index contributed by atoms with van der Waals surface area (Å²) in [5.41, 5.74) is 4.01. The molecule has 0 bridgehead atoms. The molecule has 0 heterocycles. The van der Waals surface area contributed by atoms with E-state index in [9.17, 15) is 5.11 Å². The Kier molecular flexibility index (Phi) is 7.20. The lowest BCUT2D eigenvalue weighted by atomic mass is 10.0. The zero-order chi connectivity index (χ0) is 14.1. The third-order valence-electron chi connectivity index (χ3n) is 3.64. The molecular formula is C18H26O. The topological polar surface area (TPSA) is 20.2 Å². The van der Waals surface area contributed by atoms with Crippen LogP contribution in [0, 0.1) is 0 Å². The summed E-state index contributed by atoms with van der Waals surface area (Å²) in [6.45, 7) is 6.63. The van der Waals surface area contributed by atoms with E-state index < -0.39 is 6.10 Å². The van der Waals surface area contributed by atoms with Gasteiger partial charge in [0.2, 0.25) is 0 Å². The summed E-state index contributed by atoms with van der Waals surface area (Å²) < 4.78 is 0. The molecule has 0 aliphatic carbocycles. The average Bonchev–Trinajstić information content (AvgIpc) is 2.47. The Morgan fingerprint density at radius 1 is 1.11 bits per heavy atom. The van der Waals surface area contributed by atoms with Crippen LogP contribution < -0.4 is 0 Å². The molecule has 1 rings (SSSR count). The van der Waals surface area contributed by atoms with Crippen LogP contribution in [0.4, 0.5) is 0 Å². The summed E-state index contributed by atoms with van der Waals surface area (Å²) in [5, 5.41) is 10.0. The van der Waals surface area contributed by atoms with Crippen LogP contribution >= 0.6 is 0 Å². The molecule has 0 amide bonds. The van der Waals surface area contributed by atoms with Gasteiger partial charge in [-0.15, -0.1) is 0 Å². The Bertz CT molecular complexity index is 415. The van der Waals surface area contributed by atoms with Crippen molar-refractivity contribution in [1.29, 1.82) is 0 Å². The first-order valence-corrected chi connectivity index (χ1v) is 7.24. The lowest BCUT2D eigenvalue weighted by Crippen LogP contribution is -1.94. The Labute approximate surface area is 117 Å². The zero-order valence-corrected chi connectivity index (χ0v) is 12.4. The number of hydrogen-bond donors (Lipinski definition) is 1. The maximum atomic E-state index is 10.0. The molecule has 0 aromatic heterocycles. The first-order chi connectivity index (χ1) is 9.19. The van der Waals surface area contributed by atoms with Crippen molar-refractivity contribution in [3.63, 3.8) is 0 Å². The molecule has 1 atom stereocenters. The predicted octanol–water partition coefficient (Wildman–Crippen LogP) is 5.19. The molecule has 0 aliphatic heterocycles. The second-order valence-electron chi connectivity index (χ2n) is 4.93. The number of allylic oxidation sites excluding steroid dienone is 3. The van der Waals surface area contributed by atoms with Gasteiger partial charge in [0.05, 0.1) is 6.10 Å². The van der Waals surface area contributed by atoms with E-state index in [-0.39, 0.29) is 0 Å².